The van der Waals surface area contributed by atoms with Gasteiger partial charge < -0.3 is 14.8 Å². The van der Waals surface area contributed by atoms with Crippen LogP contribution >= 0.6 is 0 Å². The number of nitrogens with zero attached hydrogens (tertiary/aromatic N) is 4. The van der Waals surface area contributed by atoms with Gasteiger partial charge >= 0.3 is 0 Å². The van der Waals surface area contributed by atoms with Crippen LogP contribution in [0.3, 0.4) is 0 Å². The maximum Gasteiger partial charge on any atom is 0.242 e. The summed E-state index contributed by atoms with van der Waals surface area (Å²) in [4.78, 5) is 19.9. The van der Waals surface area contributed by atoms with Gasteiger partial charge in [-0.05, 0) is 43.7 Å². The van der Waals surface area contributed by atoms with Crippen molar-refractivity contribution in [1.29, 1.82) is 0 Å². The van der Waals surface area contributed by atoms with Crippen LogP contribution in [0.2, 0.25) is 0 Å². The number of aromatic nitrogens is 3. The molecule has 1 unspecified atom stereocenters. The molecule has 0 aromatic carbocycles. The van der Waals surface area contributed by atoms with Crippen LogP contribution in [0.1, 0.15) is 43.5 Å². The summed E-state index contributed by atoms with van der Waals surface area (Å²) in [6.45, 7) is 12.6. The molecule has 1 fully saturated rings. The molecule has 172 valence electrons. The summed E-state index contributed by atoms with van der Waals surface area (Å²) in [5.41, 5.74) is 3.93. The van der Waals surface area contributed by atoms with E-state index in [9.17, 15) is 4.79 Å². The van der Waals surface area contributed by atoms with E-state index < -0.39 is 0 Å². The molecule has 0 aliphatic carbocycles. The maximum absolute atomic E-state index is 12.7. The molecule has 0 radical (unpaired) electrons. The Kier molecular flexibility index (Phi) is 7.89. The second-order valence-corrected chi connectivity index (χ2v) is 8.87. The van der Waals surface area contributed by atoms with Crippen molar-refractivity contribution in [3.8, 4) is 5.88 Å². The number of carbonyl (C=O) groups is 1. The number of ether oxygens (including phenoxy) is 2. The van der Waals surface area contributed by atoms with Gasteiger partial charge in [-0.1, -0.05) is 13.8 Å². The van der Waals surface area contributed by atoms with Crippen LogP contribution in [0.15, 0.2) is 0 Å². The molecule has 2 aromatic rings. The van der Waals surface area contributed by atoms with Crippen molar-refractivity contribution in [2.75, 3.05) is 40.0 Å². The van der Waals surface area contributed by atoms with Gasteiger partial charge in [0.25, 0.3) is 0 Å². The summed E-state index contributed by atoms with van der Waals surface area (Å²) < 4.78 is 12.7. The summed E-state index contributed by atoms with van der Waals surface area (Å²) >= 11 is 0. The topological polar surface area (TPSA) is 81.5 Å². The van der Waals surface area contributed by atoms with Gasteiger partial charge in [-0.15, -0.1) is 5.10 Å². The van der Waals surface area contributed by atoms with E-state index >= 15 is 0 Å². The quantitative estimate of drug-likeness (QED) is 0.657. The molecule has 1 aliphatic heterocycles. The molecule has 2 aromatic heterocycles. The highest BCUT2D eigenvalue weighted by atomic mass is 16.5. The number of aryl methyl sites for hydroxylation is 3. The Morgan fingerprint density at radius 2 is 1.97 bits per heavy atom. The third-order valence-electron chi connectivity index (χ3n) is 6.16. The van der Waals surface area contributed by atoms with Gasteiger partial charge in [-0.3, -0.25) is 9.69 Å². The fourth-order valence-electron chi connectivity index (χ4n) is 4.51. The Labute approximate surface area is 185 Å². The molecule has 3 heterocycles. The number of rotatable bonds is 9. The Hall–Kier alpha value is -2.19. The summed E-state index contributed by atoms with van der Waals surface area (Å²) in [7, 11) is 3.49. The number of nitrogens with one attached hydrogen (secondary N) is 1. The zero-order valence-corrected chi connectivity index (χ0v) is 19.8. The number of carbonyl (C=O) groups excluding carboxylic acids is 1. The van der Waals surface area contributed by atoms with E-state index in [1.54, 1.807) is 11.8 Å². The van der Waals surface area contributed by atoms with E-state index in [0.717, 1.165) is 60.6 Å². The van der Waals surface area contributed by atoms with Gasteiger partial charge in [-0.2, -0.15) is 0 Å². The van der Waals surface area contributed by atoms with Crippen LogP contribution in [-0.4, -0.2) is 71.6 Å². The minimum Gasteiger partial charge on any atom is -0.479 e. The molecule has 1 aliphatic rings. The second-order valence-electron chi connectivity index (χ2n) is 8.87. The highest BCUT2D eigenvalue weighted by Gasteiger charge is 2.23. The molecule has 1 N–H and O–H groups in total. The number of fused-ring (bicyclic) bond motifs is 1. The summed E-state index contributed by atoms with van der Waals surface area (Å²) in [5, 5.41) is 8.50. The third kappa shape index (κ3) is 5.54. The summed E-state index contributed by atoms with van der Waals surface area (Å²) in [5.74, 6) is 1.25. The molecule has 0 spiro atoms. The molecule has 8 nitrogen and oxygen atoms in total. The standard InChI is InChI=1S/C23H37N5O3/c1-15(2)13-18(28-9-11-31-12-10-28)14-24-20(29)8-7-19-16(3)21-22(25-17(19)4)27(5)26-23(21)30-6/h15,18H,7-14H2,1-6H3,(H,24,29). The average Bonchev–Trinajstić information content (AvgIpc) is 3.07. The summed E-state index contributed by atoms with van der Waals surface area (Å²) in [6.07, 6.45) is 2.16. The Balaban J connectivity index is 1.64. The van der Waals surface area contributed by atoms with Crippen molar-refractivity contribution >= 4 is 16.9 Å². The van der Waals surface area contributed by atoms with Crippen LogP contribution in [0.4, 0.5) is 0 Å². The molecule has 0 bridgehead atoms. The number of hydrogen-bond donors (Lipinski definition) is 1. The number of hydrogen-bond acceptors (Lipinski definition) is 6. The van der Waals surface area contributed by atoms with Gasteiger partial charge in [0.2, 0.25) is 11.8 Å². The van der Waals surface area contributed by atoms with E-state index in [4.69, 9.17) is 14.5 Å². The zero-order chi connectivity index (χ0) is 22.5. The molecule has 3 rings (SSSR count). The van der Waals surface area contributed by atoms with Crippen molar-refractivity contribution in [2.24, 2.45) is 13.0 Å². The normalized spacial score (nSPS) is 16.1. The van der Waals surface area contributed by atoms with E-state index in [1.165, 1.54) is 0 Å². The highest BCUT2D eigenvalue weighted by Crippen LogP contribution is 2.30. The van der Waals surface area contributed by atoms with Crippen LogP contribution in [0.25, 0.3) is 11.0 Å². The lowest BCUT2D eigenvalue weighted by atomic mass is 9.99. The van der Waals surface area contributed by atoms with E-state index in [-0.39, 0.29) is 5.91 Å². The van der Waals surface area contributed by atoms with Gasteiger partial charge in [0.05, 0.1) is 25.7 Å². The Bertz CT molecular complexity index is 902. The van der Waals surface area contributed by atoms with E-state index in [2.05, 4.69) is 36.1 Å². The number of amides is 1. The van der Waals surface area contributed by atoms with Crippen LogP contribution in [0, 0.1) is 19.8 Å². The smallest absolute Gasteiger partial charge is 0.242 e. The first-order valence-corrected chi connectivity index (χ1v) is 11.3. The fourth-order valence-corrected chi connectivity index (χ4v) is 4.51. The largest absolute Gasteiger partial charge is 0.479 e. The van der Waals surface area contributed by atoms with Crippen LogP contribution in [0.5, 0.6) is 5.88 Å². The van der Waals surface area contributed by atoms with Gasteiger partial charge in [-0.25, -0.2) is 9.67 Å². The van der Waals surface area contributed by atoms with Gasteiger partial charge in [0.15, 0.2) is 5.65 Å². The van der Waals surface area contributed by atoms with Crippen molar-refractivity contribution in [3.63, 3.8) is 0 Å². The lowest BCUT2D eigenvalue weighted by Crippen LogP contribution is -2.49. The minimum atomic E-state index is 0.0825. The number of morpholine rings is 1. The molecular formula is C23H37N5O3. The van der Waals surface area contributed by atoms with Crippen LogP contribution < -0.4 is 10.1 Å². The summed E-state index contributed by atoms with van der Waals surface area (Å²) in [6, 6.07) is 0.356. The first-order valence-electron chi connectivity index (χ1n) is 11.3. The molecule has 31 heavy (non-hydrogen) atoms. The minimum absolute atomic E-state index is 0.0825. The predicted octanol–water partition coefficient (Wildman–Crippen LogP) is 2.39. The molecule has 8 heteroatoms. The number of pyridine rings is 1. The zero-order valence-electron chi connectivity index (χ0n) is 19.8. The molecule has 0 saturated carbocycles. The predicted molar refractivity (Wildman–Crippen MR) is 122 cm³/mol. The van der Waals surface area contributed by atoms with Crippen molar-refractivity contribution in [2.45, 2.75) is 53.0 Å². The maximum atomic E-state index is 12.7. The number of methoxy groups -OCH3 is 1. The second kappa shape index (κ2) is 10.4. The Morgan fingerprint density at radius 1 is 1.26 bits per heavy atom. The lowest BCUT2D eigenvalue weighted by molar-refractivity contribution is -0.121. The van der Waals surface area contributed by atoms with Crippen molar-refractivity contribution in [3.05, 3.63) is 16.8 Å². The molecule has 1 atom stereocenters. The first-order chi connectivity index (χ1) is 14.8. The molecular weight excluding hydrogens is 394 g/mol. The SMILES string of the molecule is COc1nn(C)c2nc(C)c(CCC(=O)NCC(CC(C)C)N3CCOCC3)c(C)c12. The average molecular weight is 432 g/mol. The third-order valence-corrected chi connectivity index (χ3v) is 6.16. The highest BCUT2D eigenvalue weighted by molar-refractivity contribution is 5.86. The van der Waals surface area contributed by atoms with E-state index in [0.29, 0.717) is 37.2 Å². The van der Waals surface area contributed by atoms with Gasteiger partial charge in [0.1, 0.15) is 0 Å². The van der Waals surface area contributed by atoms with Crippen molar-refractivity contribution < 1.29 is 14.3 Å². The van der Waals surface area contributed by atoms with Crippen molar-refractivity contribution in [1.82, 2.24) is 25.0 Å². The first kappa shape index (κ1) is 23.5. The fraction of sp³-hybridized carbons (Fsp3) is 0.696. The Morgan fingerprint density at radius 3 is 2.61 bits per heavy atom. The van der Waals surface area contributed by atoms with Crippen LogP contribution in [-0.2, 0) is 23.0 Å². The van der Waals surface area contributed by atoms with Gasteiger partial charge in [0, 0.05) is 44.8 Å². The lowest BCUT2D eigenvalue weighted by Gasteiger charge is -2.35. The monoisotopic (exact) mass is 431 g/mol. The molecule has 1 saturated heterocycles. The van der Waals surface area contributed by atoms with E-state index in [1.807, 2.05) is 14.0 Å². The molecule has 1 amide bonds.